The van der Waals surface area contributed by atoms with Crippen molar-refractivity contribution in [3.63, 3.8) is 0 Å². The van der Waals surface area contributed by atoms with Crippen LogP contribution in [0, 0.1) is 0 Å². The van der Waals surface area contributed by atoms with E-state index in [1.807, 2.05) is 0 Å². The molecule has 0 aliphatic heterocycles. The van der Waals surface area contributed by atoms with Crippen LogP contribution in [0.25, 0.3) is 0 Å². The van der Waals surface area contributed by atoms with Gasteiger partial charge in [0.15, 0.2) is 0 Å². The number of nitrogens with zero attached hydrogens (tertiary/aromatic N) is 3. The van der Waals surface area contributed by atoms with Crippen LogP contribution in [0.3, 0.4) is 0 Å². The van der Waals surface area contributed by atoms with E-state index in [0.29, 0.717) is 11.3 Å². The van der Waals surface area contributed by atoms with Gasteiger partial charge < -0.3 is 20.4 Å². The van der Waals surface area contributed by atoms with Crippen LogP contribution in [-0.2, 0) is 23.1 Å². The molecule has 0 spiro atoms. The molecule has 0 radical (unpaired) electrons. The van der Waals surface area contributed by atoms with Crippen molar-refractivity contribution in [2.75, 3.05) is 19.6 Å². The number of aromatic nitrogens is 2. The summed E-state index contributed by atoms with van der Waals surface area (Å²) in [5.74, 6) is -2.54. The number of nitrogens with one attached hydrogen (secondary N) is 1. The lowest BCUT2D eigenvalue weighted by Crippen LogP contribution is -2.45. The van der Waals surface area contributed by atoms with Gasteiger partial charge in [-0.05, 0) is 6.07 Å². The molecule has 9 nitrogen and oxygen atoms in total. The van der Waals surface area contributed by atoms with Gasteiger partial charge in [-0.3, -0.25) is 14.3 Å². The lowest BCUT2D eigenvalue weighted by molar-refractivity contribution is -0.140. The van der Waals surface area contributed by atoms with Crippen molar-refractivity contribution in [1.82, 2.24) is 20.0 Å². The zero-order chi connectivity index (χ0) is 15.1. The standard InChI is InChI=1S/C11H16N4O5/c1-14-5-3-8(13-14)2-4-12-11(20)15(6-9(16)17)7-10(18)19/h3,5H,2,4,6-7H2,1H3,(H,12,20)(H,16,17)(H,18,19). The molecule has 1 aromatic heterocycles. The van der Waals surface area contributed by atoms with E-state index in [9.17, 15) is 14.4 Å². The number of carboxylic acid groups (broad SMARTS) is 2. The van der Waals surface area contributed by atoms with Gasteiger partial charge in [-0.2, -0.15) is 5.10 Å². The average Bonchev–Trinajstić information content (AvgIpc) is 2.73. The minimum absolute atomic E-state index is 0.242. The molecule has 0 fully saturated rings. The molecule has 9 heteroatoms. The van der Waals surface area contributed by atoms with E-state index >= 15 is 0 Å². The van der Waals surface area contributed by atoms with E-state index < -0.39 is 31.1 Å². The minimum Gasteiger partial charge on any atom is -0.480 e. The Bertz CT molecular complexity index is 483. The molecule has 1 rings (SSSR count). The van der Waals surface area contributed by atoms with Crippen LogP contribution < -0.4 is 5.32 Å². The highest BCUT2D eigenvalue weighted by atomic mass is 16.4. The zero-order valence-corrected chi connectivity index (χ0v) is 10.9. The third-order valence-corrected chi connectivity index (χ3v) is 2.37. The number of carbonyl (C=O) groups excluding carboxylic acids is 1. The van der Waals surface area contributed by atoms with Gasteiger partial charge in [0.1, 0.15) is 13.1 Å². The molecular weight excluding hydrogens is 268 g/mol. The summed E-state index contributed by atoms with van der Waals surface area (Å²) in [7, 11) is 1.77. The smallest absolute Gasteiger partial charge is 0.323 e. The zero-order valence-electron chi connectivity index (χ0n) is 10.9. The maximum atomic E-state index is 11.7. The van der Waals surface area contributed by atoms with Crippen LogP contribution >= 0.6 is 0 Å². The van der Waals surface area contributed by atoms with Gasteiger partial charge in [0.25, 0.3) is 0 Å². The van der Waals surface area contributed by atoms with Crippen LogP contribution in [0.5, 0.6) is 0 Å². The summed E-state index contributed by atoms with van der Waals surface area (Å²) in [6, 6.07) is 1.06. The van der Waals surface area contributed by atoms with Crippen molar-refractivity contribution < 1.29 is 24.6 Å². The van der Waals surface area contributed by atoms with Gasteiger partial charge in [-0.25, -0.2) is 4.79 Å². The van der Waals surface area contributed by atoms with E-state index in [4.69, 9.17) is 10.2 Å². The Morgan fingerprint density at radius 2 is 1.90 bits per heavy atom. The van der Waals surface area contributed by atoms with Gasteiger partial charge in [0, 0.05) is 26.2 Å². The summed E-state index contributed by atoms with van der Waals surface area (Å²) in [4.78, 5) is 33.5. The van der Waals surface area contributed by atoms with Crippen LogP contribution in [0.2, 0.25) is 0 Å². The average molecular weight is 284 g/mol. The summed E-state index contributed by atoms with van der Waals surface area (Å²) in [5.41, 5.74) is 0.774. The Balaban J connectivity index is 2.44. The number of hydrogen-bond donors (Lipinski definition) is 3. The van der Waals surface area contributed by atoms with Crippen LogP contribution in [0.4, 0.5) is 4.79 Å². The van der Waals surface area contributed by atoms with Gasteiger partial charge >= 0.3 is 18.0 Å². The van der Waals surface area contributed by atoms with Crippen molar-refractivity contribution in [1.29, 1.82) is 0 Å². The topological polar surface area (TPSA) is 125 Å². The van der Waals surface area contributed by atoms with E-state index in [1.165, 1.54) is 0 Å². The summed E-state index contributed by atoms with van der Waals surface area (Å²) < 4.78 is 1.62. The first-order valence-electron chi connectivity index (χ1n) is 5.83. The first-order chi connectivity index (χ1) is 9.38. The third-order valence-electron chi connectivity index (χ3n) is 2.37. The summed E-state index contributed by atoms with van der Waals surface area (Å²) in [6.07, 6.45) is 2.23. The second-order valence-electron chi connectivity index (χ2n) is 4.11. The summed E-state index contributed by atoms with van der Waals surface area (Å²) in [5, 5.41) is 23.8. The van der Waals surface area contributed by atoms with E-state index in [1.54, 1.807) is 24.0 Å². The molecule has 2 amide bonds. The molecule has 1 aromatic rings. The molecule has 0 saturated carbocycles. The Morgan fingerprint density at radius 3 is 2.35 bits per heavy atom. The highest BCUT2D eigenvalue weighted by Crippen LogP contribution is 1.95. The first kappa shape index (κ1) is 15.5. The van der Waals surface area contributed by atoms with Crippen molar-refractivity contribution in [2.45, 2.75) is 6.42 Å². The van der Waals surface area contributed by atoms with Crippen molar-refractivity contribution in [3.05, 3.63) is 18.0 Å². The number of aryl methyl sites for hydroxylation is 1. The SMILES string of the molecule is Cn1ccc(CCNC(=O)N(CC(=O)O)CC(=O)O)n1. The lowest BCUT2D eigenvalue weighted by Gasteiger charge is -2.18. The normalized spacial score (nSPS) is 10.1. The van der Waals surface area contributed by atoms with E-state index in [2.05, 4.69) is 10.4 Å². The Morgan fingerprint density at radius 1 is 1.30 bits per heavy atom. The van der Waals surface area contributed by atoms with E-state index in [-0.39, 0.29) is 6.54 Å². The largest absolute Gasteiger partial charge is 0.480 e. The van der Waals surface area contributed by atoms with Gasteiger partial charge in [0.05, 0.1) is 5.69 Å². The fraction of sp³-hybridized carbons (Fsp3) is 0.455. The van der Waals surface area contributed by atoms with E-state index in [0.717, 1.165) is 5.69 Å². The van der Waals surface area contributed by atoms with Crippen LogP contribution in [-0.4, -0.2) is 62.5 Å². The number of carbonyl (C=O) groups is 3. The molecule has 0 saturated heterocycles. The number of amides is 2. The molecule has 3 N–H and O–H groups in total. The minimum atomic E-state index is -1.27. The third kappa shape index (κ3) is 5.38. The second kappa shape index (κ2) is 7.12. The fourth-order valence-electron chi connectivity index (χ4n) is 1.53. The molecule has 0 bridgehead atoms. The predicted molar refractivity (Wildman–Crippen MR) is 67.2 cm³/mol. The number of rotatable bonds is 7. The molecule has 0 aliphatic rings. The van der Waals surface area contributed by atoms with Crippen molar-refractivity contribution in [3.8, 4) is 0 Å². The number of urea groups is 1. The molecule has 0 aromatic carbocycles. The first-order valence-corrected chi connectivity index (χ1v) is 5.83. The van der Waals surface area contributed by atoms with Crippen LogP contribution in [0.1, 0.15) is 5.69 Å². The summed E-state index contributed by atoms with van der Waals surface area (Å²) in [6.45, 7) is -1.09. The van der Waals surface area contributed by atoms with Gasteiger partial charge in [-0.15, -0.1) is 0 Å². The molecular formula is C11H16N4O5. The summed E-state index contributed by atoms with van der Waals surface area (Å²) >= 11 is 0. The van der Waals surface area contributed by atoms with Crippen molar-refractivity contribution in [2.24, 2.45) is 7.05 Å². The predicted octanol–water partition coefficient (Wildman–Crippen LogP) is -0.857. The highest BCUT2D eigenvalue weighted by molar-refractivity contribution is 5.84. The van der Waals surface area contributed by atoms with Gasteiger partial charge in [0.2, 0.25) is 0 Å². The number of aliphatic carboxylic acids is 2. The Kier molecular flexibility index (Phi) is 5.51. The monoisotopic (exact) mass is 284 g/mol. The number of carboxylic acids is 2. The Hall–Kier alpha value is -2.58. The quantitative estimate of drug-likeness (QED) is 0.598. The Labute approximate surface area is 114 Å². The maximum absolute atomic E-state index is 11.7. The number of hydrogen-bond acceptors (Lipinski definition) is 4. The highest BCUT2D eigenvalue weighted by Gasteiger charge is 2.19. The molecule has 110 valence electrons. The molecule has 20 heavy (non-hydrogen) atoms. The van der Waals surface area contributed by atoms with Gasteiger partial charge in [-0.1, -0.05) is 0 Å². The second-order valence-corrected chi connectivity index (χ2v) is 4.11. The molecule has 0 aliphatic carbocycles. The lowest BCUT2D eigenvalue weighted by atomic mass is 10.3. The molecule has 0 atom stereocenters. The maximum Gasteiger partial charge on any atom is 0.323 e. The van der Waals surface area contributed by atoms with Crippen LogP contribution in [0.15, 0.2) is 12.3 Å². The molecule has 1 heterocycles. The molecule has 0 unspecified atom stereocenters. The van der Waals surface area contributed by atoms with Crippen molar-refractivity contribution >= 4 is 18.0 Å². The fourth-order valence-corrected chi connectivity index (χ4v) is 1.53.